The van der Waals surface area contributed by atoms with Gasteiger partial charge in [-0.05, 0) is 11.6 Å². The third kappa shape index (κ3) is 4.40. The summed E-state index contributed by atoms with van der Waals surface area (Å²) in [5, 5.41) is 2.43. The maximum Gasteiger partial charge on any atom is 0.416 e. The van der Waals surface area contributed by atoms with Crippen molar-refractivity contribution in [3.8, 4) is 0 Å². The number of thiazole rings is 1. The Morgan fingerprint density at radius 3 is 2.58 bits per heavy atom. The molecule has 2 aromatic rings. The predicted molar refractivity (Wildman–Crippen MR) is 92.6 cm³/mol. The smallest absolute Gasteiger partial charge is 0.335 e. The van der Waals surface area contributed by atoms with Crippen LogP contribution in [0.5, 0.6) is 0 Å². The fraction of sp³-hybridized carbons (Fsp3) is 0.412. The molecular formula is C17H19F3N4OS. The minimum atomic E-state index is -4.34. The van der Waals surface area contributed by atoms with E-state index in [1.54, 1.807) is 16.3 Å². The molecule has 9 heteroatoms. The van der Waals surface area contributed by atoms with Crippen LogP contribution in [0.3, 0.4) is 0 Å². The van der Waals surface area contributed by atoms with Crippen LogP contribution in [0.2, 0.25) is 0 Å². The van der Waals surface area contributed by atoms with Gasteiger partial charge in [-0.15, -0.1) is 11.3 Å². The second kappa shape index (κ2) is 7.73. The number of aromatic nitrogens is 1. The molecule has 2 heterocycles. The molecule has 2 N–H and O–H groups in total. The standard InChI is InChI=1S/C17H19F3N4OS/c18-17(19,20)13-3-1-2-12(8-13)10-23-4-6-24(7-5-23)16(25)14-11-26-15(9-21)22-14/h1-3,8,11H,4-7,9-10,21H2. The lowest BCUT2D eigenvalue weighted by Crippen LogP contribution is -2.48. The second-order valence-corrected chi connectivity index (χ2v) is 7.04. The summed E-state index contributed by atoms with van der Waals surface area (Å²) in [4.78, 5) is 20.4. The van der Waals surface area contributed by atoms with E-state index in [4.69, 9.17) is 5.73 Å². The average Bonchev–Trinajstić information content (AvgIpc) is 3.10. The largest absolute Gasteiger partial charge is 0.416 e. The molecule has 26 heavy (non-hydrogen) atoms. The normalized spacial score (nSPS) is 16.1. The molecule has 1 amide bonds. The highest BCUT2D eigenvalue weighted by Gasteiger charge is 2.30. The molecule has 1 fully saturated rings. The molecular weight excluding hydrogens is 365 g/mol. The Kier molecular flexibility index (Phi) is 5.59. The summed E-state index contributed by atoms with van der Waals surface area (Å²) in [7, 11) is 0. The minimum absolute atomic E-state index is 0.125. The van der Waals surface area contributed by atoms with Crippen molar-refractivity contribution in [2.75, 3.05) is 26.2 Å². The Morgan fingerprint density at radius 1 is 1.23 bits per heavy atom. The fourth-order valence-electron chi connectivity index (χ4n) is 2.88. The van der Waals surface area contributed by atoms with Gasteiger partial charge >= 0.3 is 6.18 Å². The van der Waals surface area contributed by atoms with E-state index in [9.17, 15) is 18.0 Å². The molecule has 0 spiro atoms. The second-order valence-electron chi connectivity index (χ2n) is 6.10. The van der Waals surface area contributed by atoms with Gasteiger partial charge in [0.2, 0.25) is 0 Å². The highest BCUT2D eigenvalue weighted by atomic mass is 32.1. The van der Waals surface area contributed by atoms with Crippen LogP contribution >= 0.6 is 11.3 Å². The van der Waals surface area contributed by atoms with E-state index in [2.05, 4.69) is 4.98 Å². The van der Waals surface area contributed by atoms with E-state index in [-0.39, 0.29) is 5.91 Å². The highest BCUT2D eigenvalue weighted by Crippen LogP contribution is 2.29. The van der Waals surface area contributed by atoms with E-state index in [0.29, 0.717) is 50.5 Å². The first-order chi connectivity index (χ1) is 12.4. The summed E-state index contributed by atoms with van der Waals surface area (Å²) in [6, 6.07) is 5.37. The Balaban J connectivity index is 1.56. The Labute approximate surface area is 153 Å². The van der Waals surface area contributed by atoms with Gasteiger partial charge in [0.15, 0.2) is 0 Å². The maximum atomic E-state index is 12.8. The van der Waals surface area contributed by atoms with E-state index in [0.717, 1.165) is 11.1 Å². The minimum Gasteiger partial charge on any atom is -0.335 e. The van der Waals surface area contributed by atoms with Gasteiger partial charge in [0.1, 0.15) is 10.7 Å². The molecule has 5 nitrogen and oxygen atoms in total. The van der Waals surface area contributed by atoms with Gasteiger partial charge in [0, 0.05) is 44.6 Å². The first-order valence-corrected chi connectivity index (χ1v) is 9.07. The number of carbonyl (C=O) groups is 1. The number of alkyl halides is 3. The summed E-state index contributed by atoms with van der Waals surface area (Å²) < 4.78 is 38.4. The molecule has 0 atom stereocenters. The summed E-state index contributed by atoms with van der Waals surface area (Å²) in [6.07, 6.45) is -4.34. The third-order valence-electron chi connectivity index (χ3n) is 4.27. The molecule has 0 radical (unpaired) electrons. The van der Waals surface area contributed by atoms with Gasteiger partial charge in [0.25, 0.3) is 5.91 Å². The van der Waals surface area contributed by atoms with E-state index >= 15 is 0 Å². The number of nitrogens with two attached hydrogens (primary N) is 1. The van der Waals surface area contributed by atoms with Gasteiger partial charge in [-0.1, -0.05) is 18.2 Å². The van der Waals surface area contributed by atoms with Crippen molar-refractivity contribution in [3.63, 3.8) is 0 Å². The van der Waals surface area contributed by atoms with Gasteiger partial charge in [-0.2, -0.15) is 13.2 Å². The third-order valence-corrected chi connectivity index (χ3v) is 5.14. The average molecular weight is 384 g/mol. The fourth-order valence-corrected chi connectivity index (χ4v) is 3.53. The van der Waals surface area contributed by atoms with Crippen LogP contribution in [0, 0.1) is 0 Å². The number of halogens is 3. The first kappa shape index (κ1) is 18.8. The van der Waals surface area contributed by atoms with Gasteiger partial charge < -0.3 is 10.6 Å². The maximum absolute atomic E-state index is 12.8. The summed E-state index contributed by atoms with van der Waals surface area (Å²) in [5.41, 5.74) is 5.90. The van der Waals surface area contributed by atoms with Crippen LogP contribution in [0.1, 0.15) is 26.6 Å². The predicted octanol–water partition coefficient (Wildman–Crippen LogP) is 2.58. The van der Waals surface area contributed by atoms with Crippen molar-refractivity contribution in [2.24, 2.45) is 5.73 Å². The number of amides is 1. The molecule has 0 saturated carbocycles. The highest BCUT2D eigenvalue weighted by molar-refractivity contribution is 7.09. The zero-order valence-electron chi connectivity index (χ0n) is 14.0. The monoisotopic (exact) mass is 384 g/mol. The van der Waals surface area contributed by atoms with Crippen LogP contribution < -0.4 is 5.73 Å². The molecule has 0 unspecified atom stereocenters. The molecule has 0 aliphatic carbocycles. The van der Waals surface area contributed by atoms with Gasteiger partial charge in [-0.3, -0.25) is 9.69 Å². The number of hydrogen-bond acceptors (Lipinski definition) is 5. The summed E-state index contributed by atoms with van der Waals surface area (Å²) in [6.45, 7) is 3.00. The van der Waals surface area contributed by atoms with Crippen LogP contribution in [0.25, 0.3) is 0 Å². The lowest BCUT2D eigenvalue weighted by Gasteiger charge is -2.34. The topological polar surface area (TPSA) is 62.5 Å². The molecule has 1 aromatic carbocycles. The quantitative estimate of drug-likeness (QED) is 0.880. The van der Waals surface area contributed by atoms with Gasteiger partial charge in [0.05, 0.1) is 5.56 Å². The van der Waals surface area contributed by atoms with Crippen molar-refractivity contribution in [3.05, 3.63) is 51.5 Å². The van der Waals surface area contributed by atoms with Crippen molar-refractivity contribution in [1.82, 2.24) is 14.8 Å². The number of nitrogens with zero attached hydrogens (tertiary/aromatic N) is 3. The Morgan fingerprint density at radius 2 is 1.96 bits per heavy atom. The molecule has 1 aliphatic rings. The van der Waals surface area contributed by atoms with Crippen LogP contribution in [-0.2, 0) is 19.3 Å². The number of hydrogen-bond donors (Lipinski definition) is 1. The molecule has 1 aliphatic heterocycles. The zero-order valence-corrected chi connectivity index (χ0v) is 14.8. The number of piperazine rings is 1. The van der Waals surface area contributed by atoms with E-state index in [1.165, 1.54) is 23.5 Å². The lowest BCUT2D eigenvalue weighted by atomic mass is 10.1. The van der Waals surface area contributed by atoms with Crippen molar-refractivity contribution in [2.45, 2.75) is 19.3 Å². The lowest BCUT2D eigenvalue weighted by molar-refractivity contribution is -0.137. The number of benzene rings is 1. The van der Waals surface area contributed by atoms with Crippen molar-refractivity contribution in [1.29, 1.82) is 0 Å². The van der Waals surface area contributed by atoms with Crippen LogP contribution in [-0.4, -0.2) is 46.9 Å². The first-order valence-electron chi connectivity index (χ1n) is 8.19. The zero-order chi connectivity index (χ0) is 18.7. The molecule has 0 bridgehead atoms. The molecule has 1 aromatic heterocycles. The molecule has 140 valence electrons. The van der Waals surface area contributed by atoms with E-state index in [1.807, 2.05) is 4.90 Å². The number of rotatable bonds is 4. The van der Waals surface area contributed by atoms with E-state index < -0.39 is 11.7 Å². The SMILES string of the molecule is NCc1nc(C(=O)N2CCN(Cc3cccc(C(F)(F)F)c3)CC2)cs1. The Bertz CT molecular complexity index is 769. The van der Waals surface area contributed by atoms with Crippen LogP contribution in [0.15, 0.2) is 29.6 Å². The Hall–Kier alpha value is -1.97. The van der Waals surface area contributed by atoms with Gasteiger partial charge in [-0.25, -0.2) is 4.98 Å². The van der Waals surface area contributed by atoms with Crippen molar-refractivity contribution < 1.29 is 18.0 Å². The summed E-state index contributed by atoms with van der Waals surface area (Å²) in [5.74, 6) is -0.125. The summed E-state index contributed by atoms with van der Waals surface area (Å²) >= 11 is 1.36. The van der Waals surface area contributed by atoms with Crippen molar-refractivity contribution >= 4 is 17.2 Å². The molecule has 1 saturated heterocycles. The van der Waals surface area contributed by atoms with Crippen LogP contribution in [0.4, 0.5) is 13.2 Å². The molecule has 3 rings (SSSR count). The number of carbonyl (C=O) groups excluding carboxylic acids is 1.